The molecule has 1 aromatic rings. The van der Waals surface area contributed by atoms with Gasteiger partial charge in [0.1, 0.15) is 5.75 Å². The third-order valence-corrected chi connectivity index (χ3v) is 4.68. The molecule has 0 aromatic heterocycles. The number of hydrogen-bond donors (Lipinski definition) is 1. The summed E-state index contributed by atoms with van der Waals surface area (Å²) in [6.45, 7) is 11.3. The molecule has 1 fully saturated rings. The lowest BCUT2D eigenvalue weighted by atomic mass is 10.0. The Balaban J connectivity index is 1.68. The summed E-state index contributed by atoms with van der Waals surface area (Å²) in [5, 5.41) is 0.792. The summed E-state index contributed by atoms with van der Waals surface area (Å²) in [7, 11) is 0. The number of likely N-dealkylation sites (tertiary alicyclic amines) is 1. The number of aryl methyl sites for hydroxylation is 2. The highest BCUT2D eigenvalue weighted by molar-refractivity contribution is 6.30. The molecule has 2 nitrogen and oxygen atoms in total. The van der Waals surface area contributed by atoms with E-state index in [9.17, 15) is 0 Å². The fraction of sp³-hybridized carbons (Fsp3) is 0.667. The largest absolute Gasteiger partial charge is 0.493 e. The maximum atomic E-state index is 6.05. The molecular weight excluding hydrogens is 282 g/mol. The molecule has 1 aliphatic heterocycles. The number of benzene rings is 1. The fourth-order valence-corrected chi connectivity index (χ4v) is 3.73. The van der Waals surface area contributed by atoms with E-state index in [-0.39, 0.29) is 0 Å². The molecule has 2 atom stereocenters. The van der Waals surface area contributed by atoms with Gasteiger partial charge in [-0.15, -0.1) is 0 Å². The monoisotopic (exact) mass is 310 g/mol. The molecule has 0 bridgehead atoms. The molecule has 0 aliphatic carbocycles. The summed E-state index contributed by atoms with van der Waals surface area (Å²) < 4.78 is 5.97. The van der Waals surface area contributed by atoms with Gasteiger partial charge in [0, 0.05) is 10.9 Å². The predicted molar refractivity (Wildman–Crippen MR) is 89.6 cm³/mol. The number of hydrogen-bond acceptors (Lipinski definition) is 1. The predicted octanol–water partition coefficient (Wildman–Crippen LogP) is 3.43. The molecule has 1 aliphatic rings. The van der Waals surface area contributed by atoms with Crippen LogP contribution in [0.3, 0.4) is 0 Å². The average Bonchev–Trinajstić information content (AvgIpc) is 2.41. The molecule has 0 saturated carbocycles. The van der Waals surface area contributed by atoms with Crippen LogP contribution in [0.4, 0.5) is 0 Å². The third kappa shape index (κ3) is 5.19. The number of piperidine rings is 1. The van der Waals surface area contributed by atoms with Crippen molar-refractivity contribution in [1.82, 2.24) is 0 Å². The molecule has 2 rings (SSSR count). The average molecular weight is 311 g/mol. The Morgan fingerprint density at radius 3 is 2.62 bits per heavy atom. The van der Waals surface area contributed by atoms with Gasteiger partial charge < -0.3 is 9.64 Å². The first-order valence-corrected chi connectivity index (χ1v) is 8.67. The van der Waals surface area contributed by atoms with Gasteiger partial charge in [-0.05, 0) is 62.8 Å². The highest BCUT2D eigenvalue weighted by atomic mass is 35.5. The van der Waals surface area contributed by atoms with Crippen LogP contribution >= 0.6 is 11.6 Å². The van der Waals surface area contributed by atoms with E-state index in [4.69, 9.17) is 16.3 Å². The lowest BCUT2D eigenvalue weighted by Crippen LogP contribution is -3.13. The van der Waals surface area contributed by atoms with Crippen LogP contribution in [0.2, 0.25) is 5.02 Å². The Morgan fingerprint density at radius 2 is 1.95 bits per heavy atom. The van der Waals surface area contributed by atoms with Crippen molar-refractivity contribution in [2.24, 2.45) is 5.92 Å². The van der Waals surface area contributed by atoms with Crippen molar-refractivity contribution in [3.05, 3.63) is 28.3 Å². The molecular formula is C18H29ClNO+. The normalized spacial score (nSPS) is 22.3. The van der Waals surface area contributed by atoms with Crippen LogP contribution in [0, 0.1) is 19.8 Å². The minimum Gasteiger partial charge on any atom is -0.493 e. The summed E-state index contributed by atoms with van der Waals surface area (Å²) >= 11 is 6.05. The number of halogens is 1. The Labute approximate surface area is 134 Å². The molecule has 21 heavy (non-hydrogen) atoms. The van der Waals surface area contributed by atoms with Crippen LogP contribution in [-0.4, -0.2) is 26.2 Å². The van der Waals surface area contributed by atoms with Crippen LogP contribution in [-0.2, 0) is 0 Å². The van der Waals surface area contributed by atoms with Crippen LogP contribution < -0.4 is 9.64 Å². The first-order chi connectivity index (χ1) is 10.1. The second-order valence-corrected chi connectivity index (χ2v) is 7.06. The van der Waals surface area contributed by atoms with Crippen molar-refractivity contribution in [2.75, 3.05) is 26.2 Å². The zero-order valence-electron chi connectivity index (χ0n) is 13.7. The summed E-state index contributed by atoms with van der Waals surface area (Å²) in [5.41, 5.74) is 2.27. The summed E-state index contributed by atoms with van der Waals surface area (Å²) in [4.78, 5) is 1.78. The first kappa shape index (κ1) is 16.6. The maximum absolute atomic E-state index is 6.05. The van der Waals surface area contributed by atoms with Gasteiger partial charge in [0.2, 0.25) is 0 Å². The molecule has 0 amide bonds. The highest BCUT2D eigenvalue weighted by Crippen LogP contribution is 2.27. The Bertz CT molecular complexity index is 438. The van der Waals surface area contributed by atoms with Crippen LogP contribution in [0.5, 0.6) is 5.75 Å². The molecule has 1 N–H and O–H groups in total. The standard InChI is InChI=1S/C18H28ClNO/c1-14-7-6-9-20(13-14)8-4-5-10-21-18-15(2)11-17(19)12-16(18)3/h11-12,14H,4-10,13H2,1-3H3/p+1/t14-/m1/s1. The number of quaternary nitrogens is 1. The second-order valence-electron chi connectivity index (χ2n) is 6.63. The Kier molecular flexibility index (Phi) is 6.38. The van der Waals surface area contributed by atoms with E-state index in [2.05, 4.69) is 20.8 Å². The number of rotatable bonds is 6. The van der Waals surface area contributed by atoms with Crippen LogP contribution in [0.25, 0.3) is 0 Å². The fourth-order valence-electron chi connectivity index (χ4n) is 3.40. The van der Waals surface area contributed by atoms with Crippen molar-refractivity contribution < 1.29 is 9.64 Å². The second kappa shape index (κ2) is 8.05. The molecule has 0 radical (unpaired) electrons. The van der Waals surface area contributed by atoms with E-state index in [1.807, 2.05) is 12.1 Å². The van der Waals surface area contributed by atoms with E-state index >= 15 is 0 Å². The van der Waals surface area contributed by atoms with Crippen molar-refractivity contribution in [2.45, 2.75) is 46.5 Å². The van der Waals surface area contributed by atoms with Crippen molar-refractivity contribution >= 4 is 11.6 Å². The first-order valence-electron chi connectivity index (χ1n) is 8.29. The smallest absolute Gasteiger partial charge is 0.125 e. The van der Waals surface area contributed by atoms with Crippen molar-refractivity contribution in [3.8, 4) is 5.75 Å². The van der Waals surface area contributed by atoms with Gasteiger partial charge in [0.05, 0.1) is 26.2 Å². The molecule has 1 aromatic carbocycles. The molecule has 1 unspecified atom stereocenters. The van der Waals surface area contributed by atoms with Gasteiger partial charge >= 0.3 is 0 Å². The van der Waals surface area contributed by atoms with E-state index in [1.165, 1.54) is 38.9 Å². The van der Waals surface area contributed by atoms with Gasteiger partial charge in [0.15, 0.2) is 0 Å². The lowest BCUT2D eigenvalue weighted by molar-refractivity contribution is -0.908. The van der Waals surface area contributed by atoms with Gasteiger partial charge in [0.25, 0.3) is 0 Å². The minimum atomic E-state index is 0.792. The topological polar surface area (TPSA) is 13.7 Å². The quantitative estimate of drug-likeness (QED) is 0.795. The van der Waals surface area contributed by atoms with Crippen LogP contribution in [0.15, 0.2) is 12.1 Å². The minimum absolute atomic E-state index is 0.792. The van der Waals surface area contributed by atoms with E-state index < -0.39 is 0 Å². The third-order valence-electron chi connectivity index (χ3n) is 4.46. The number of nitrogens with one attached hydrogen (secondary N) is 1. The molecule has 118 valence electrons. The van der Waals surface area contributed by atoms with Gasteiger partial charge in [-0.25, -0.2) is 0 Å². The highest BCUT2D eigenvalue weighted by Gasteiger charge is 2.18. The van der Waals surface area contributed by atoms with E-state index in [1.54, 1.807) is 4.90 Å². The summed E-state index contributed by atoms with van der Waals surface area (Å²) in [6.07, 6.45) is 5.21. The SMILES string of the molecule is Cc1cc(Cl)cc(C)c1OCCCC[NH+]1CCC[C@@H](C)C1. The zero-order chi connectivity index (χ0) is 15.2. The van der Waals surface area contributed by atoms with Crippen LogP contribution in [0.1, 0.15) is 43.7 Å². The lowest BCUT2D eigenvalue weighted by Gasteiger charge is -2.27. The number of unbranched alkanes of at least 4 members (excludes halogenated alkanes) is 1. The zero-order valence-corrected chi connectivity index (χ0v) is 14.4. The van der Waals surface area contributed by atoms with Gasteiger partial charge in [-0.2, -0.15) is 0 Å². The van der Waals surface area contributed by atoms with Crippen molar-refractivity contribution in [1.29, 1.82) is 0 Å². The Hall–Kier alpha value is -0.730. The molecule has 0 spiro atoms. The molecule has 3 heteroatoms. The van der Waals surface area contributed by atoms with Gasteiger partial charge in [-0.3, -0.25) is 0 Å². The number of ether oxygens (including phenoxy) is 1. The summed E-state index contributed by atoms with van der Waals surface area (Å²) in [5.74, 6) is 1.92. The van der Waals surface area contributed by atoms with Gasteiger partial charge in [-0.1, -0.05) is 18.5 Å². The van der Waals surface area contributed by atoms with Crippen molar-refractivity contribution in [3.63, 3.8) is 0 Å². The molecule has 1 saturated heterocycles. The maximum Gasteiger partial charge on any atom is 0.125 e. The Morgan fingerprint density at radius 1 is 1.24 bits per heavy atom. The summed E-state index contributed by atoms with van der Waals surface area (Å²) in [6, 6.07) is 3.95. The van der Waals surface area contributed by atoms with E-state index in [0.29, 0.717) is 0 Å². The van der Waals surface area contributed by atoms with E-state index in [0.717, 1.165) is 40.8 Å². The molecule has 1 heterocycles.